The number of nitrogens with zero attached hydrogens (tertiary/aromatic N) is 2. The van der Waals surface area contributed by atoms with E-state index in [0.717, 1.165) is 23.1 Å². The zero-order chi connectivity index (χ0) is 11.8. The average molecular weight is 314 g/mol. The van der Waals surface area contributed by atoms with Gasteiger partial charge in [0.05, 0.1) is 5.38 Å². The molecule has 1 aromatic heterocycles. The van der Waals surface area contributed by atoms with Crippen molar-refractivity contribution in [2.75, 3.05) is 13.1 Å². The van der Waals surface area contributed by atoms with Crippen LogP contribution in [0.2, 0.25) is 0 Å². The normalized spacial score (nSPS) is 30.0. The second-order valence-corrected chi connectivity index (χ2v) is 6.12. The Morgan fingerprint density at radius 3 is 2.76 bits per heavy atom. The molecule has 0 radical (unpaired) electrons. The number of piperidine rings is 3. The van der Waals surface area contributed by atoms with E-state index >= 15 is 0 Å². The highest BCUT2D eigenvalue weighted by molar-refractivity contribution is 9.10. The Morgan fingerprint density at radius 2 is 2.12 bits per heavy atom. The van der Waals surface area contributed by atoms with Crippen LogP contribution in [0.4, 0.5) is 0 Å². The predicted molar refractivity (Wildman–Crippen MR) is 73.9 cm³/mol. The van der Waals surface area contributed by atoms with Crippen molar-refractivity contribution in [3.05, 3.63) is 34.2 Å². The Balaban J connectivity index is 1.93. The molecule has 17 heavy (non-hydrogen) atoms. The Morgan fingerprint density at radius 1 is 1.35 bits per heavy atom. The molecular weight excluding hydrogens is 300 g/mol. The first-order valence-corrected chi connectivity index (χ1v) is 7.18. The van der Waals surface area contributed by atoms with E-state index in [1.54, 1.807) is 6.20 Å². The molecule has 1 aromatic rings. The number of alkyl halides is 1. The van der Waals surface area contributed by atoms with Crippen LogP contribution in [0.3, 0.4) is 0 Å². The summed E-state index contributed by atoms with van der Waals surface area (Å²) in [5.74, 6) is 0.660. The topological polar surface area (TPSA) is 16.1 Å². The molecule has 3 aliphatic heterocycles. The maximum absolute atomic E-state index is 6.53. The van der Waals surface area contributed by atoms with E-state index in [4.69, 9.17) is 11.6 Å². The molecular formula is C13H14BrClN2. The van der Waals surface area contributed by atoms with Gasteiger partial charge >= 0.3 is 0 Å². The molecule has 2 nitrogen and oxygen atoms in total. The minimum absolute atomic E-state index is 0.177. The molecule has 0 N–H and O–H groups in total. The van der Waals surface area contributed by atoms with Gasteiger partial charge in [0, 0.05) is 35.7 Å². The largest absolute Gasteiger partial charge is 0.374 e. The van der Waals surface area contributed by atoms with E-state index in [9.17, 15) is 0 Å². The predicted octanol–water partition coefficient (Wildman–Crippen LogP) is 3.52. The van der Waals surface area contributed by atoms with Crippen molar-refractivity contribution >= 4 is 33.6 Å². The lowest BCUT2D eigenvalue weighted by molar-refractivity contribution is 0.166. The van der Waals surface area contributed by atoms with E-state index in [-0.39, 0.29) is 5.38 Å². The van der Waals surface area contributed by atoms with Crippen molar-refractivity contribution in [1.29, 1.82) is 0 Å². The average Bonchev–Trinajstić information content (AvgIpc) is 2.34. The fourth-order valence-electron chi connectivity index (χ4n) is 2.72. The number of rotatable bonds is 1. The molecule has 4 heterocycles. The van der Waals surface area contributed by atoms with Gasteiger partial charge in [0.15, 0.2) is 0 Å². The van der Waals surface area contributed by atoms with Crippen LogP contribution in [0.5, 0.6) is 0 Å². The minimum atomic E-state index is 0.177. The highest BCUT2D eigenvalue weighted by Gasteiger charge is 2.36. The third-order valence-electron chi connectivity index (χ3n) is 3.64. The van der Waals surface area contributed by atoms with Crippen LogP contribution in [0.15, 0.2) is 28.6 Å². The maximum Gasteiger partial charge on any atom is 0.0763 e. The van der Waals surface area contributed by atoms with Gasteiger partial charge in [0.25, 0.3) is 0 Å². The molecule has 4 rings (SSSR count). The van der Waals surface area contributed by atoms with Gasteiger partial charge in [-0.25, -0.2) is 0 Å². The van der Waals surface area contributed by atoms with Gasteiger partial charge in [-0.05, 0) is 52.4 Å². The van der Waals surface area contributed by atoms with Crippen LogP contribution in [0.1, 0.15) is 18.4 Å². The SMILES string of the molecule is ClC1/C(=C/c2cncc(Br)c2)N2CCC1CC2. The molecule has 2 bridgehead atoms. The van der Waals surface area contributed by atoms with Crippen LogP contribution in [-0.2, 0) is 0 Å². The summed E-state index contributed by atoms with van der Waals surface area (Å²) in [7, 11) is 0. The van der Waals surface area contributed by atoms with Crippen molar-refractivity contribution in [3.8, 4) is 0 Å². The molecule has 0 aliphatic carbocycles. The van der Waals surface area contributed by atoms with Crippen LogP contribution in [0.25, 0.3) is 6.08 Å². The molecule has 3 fully saturated rings. The van der Waals surface area contributed by atoms with Gasteiger partial charge in [-0.2, -0.15) is 0 Å². The Bertz CT molecular complexity index is 448. The third kappa shape index (κ3) is 2.23. The second-order valence-electron chi connectivity index (χ2n) is 4.73. The molecule has 0 spiro atoms. The van der Waals surface area contributed by atoms with Gasteiger partial charge in [-0.15, -0.1) is 11.6 Å². The zero-order valence-electron chi connectivity index (χ0n) is 9.44. The highest BCUT2D eigenvalue weighted by atomic mass is 79.9. The number of hydrogen-bond acceptors (Lipinski definition) is 2. The minimum Gasteiger partial charge on any atom is -0.374 e. The van der Waals surface area contributed by atoms with E-state index < -0.39 is 0 Å². The van der Waals surface area contributed by atoms with Crippen LogP contribution in [-0.4, -0.2) is 28.4 Å². The first-order valence-electron chi connectivity index (χ1n) is 5.95. The summed E-state index contributed by atoms with van der Waals surface area (Å²) in [6.45, 7) is 2.31. The van der Waals surface area contributed by atoms with Crippen LogP contribution in [0, 0.1) is 5.92 Å². The van der Waals surface area contributed by atoms with Gasteiger partial charge in [0.2, 0.25) is 0 Å². The maximum atomic E-state index is 6.53. The number of halogens is 2. The molecule has 3 aliphatic rings. The van der Waals surface area contributed by atoms with Gasteiger partial charge in [-0.3, -0.25) is 4.98 Å². The summed E-state index contributed by atoms with van der Waals surface area (Å²) >= 11 is 9.97. The quantitative estimate of drug-likeness (QED) is 0.738. The van der Waals surface area contributed by atoms with E-state index in [1.807, 2.05) is 6.20 Å². The van der Waals surface area contributed by atoms with Crippen molar-refractivity contribution in [2.45, 2.75) is 18.2 Å². The standard InChI is InChI=1S/C13H14BrClN2/c14-11-5-9(7-16-8-11)6-12-13(15)10-1-3-17(12)4-2-10/h5-8,10,13H,1-4H2/b12-6-. The summed E-state index contributed by atoms with van der Waals surface area (Å²) in [5, 5.41) is 0.177. The summed E-state index contributed by atoms with van der Waals surface area (Å²) < 4.78 is 1.01. The number of hydrogen-bond donors (Lipinski definition) is 0. The van der Waals surface area contributed by atoms with Crippen molar-refractivity contribution in [3.63, 3.8) is 0 Å². The fraction of sp³-hybridized carbons (Fsp3) is 0.462. The van der Waals surface area contributed by atoms with Crippen LogP contribution >= 0.6 is 27.5 Å². The monoisotopic (exact) mass is 312 g/mol. The summed E-state index contributed by atoms with van der Waals surface area (Å²) in [6.07, 6.45) is 8.34. The number of allylic oxidation sites excluding steroid dienone is 1. The second kappa shape index (κ2) is 4.62. The van der Waals surface area contributed by atoms with Crippen molar-refractivity contribution in [1.82, 2.24) is 9.88 Å². The Labute approximate surface area is 115 Å². The molecule has 0 aromatic carbocycles. The van der Waals surface area contributed by atoms with Crippen molar-refractivity contribution in [2.24, 2.45) is 5.92 Å². The molecule has 0 amide bonds. The number of pyridine rings is 1. The van der Waals surface area contributed by atoms with Gasteiger partial charge < -0.3 is 4.90 Å². The lowest BCUT2D eigenvalue weighted by Crippen LogP contribution is -2.46. The number of aromatic nitrogens is 1. The van der Waals surface area contributed by atoms with Gasteiger partial charge in [0.1, 0.15) is 0 Å². The molecule has 0 saturated carbocycles. The fourth-order valence-corrected chi connectivity index (χ4v) is 3.55. The summed E-state index contributed by atoms with van der Waals surface area (Å²) in [6, 6.07) is 2.08. The van der Waals surface area contributed by atoms with E-state index in [0.29, 0.717) is 5.92 Å². The molecule has 4 heteroatoms. The molecule has 1 atom stereocenters. The molecule has 90 valence electrons. The lowest BCUT2D eigenvalue weighted by Gasteiger charge is -2.45. The van der Waals surface area contributed by atoms with Crippen molar-refractivity contribution < 1.29 is 0 Å². The smallest absolute Gasteiger partial charge is 0.0763 e. The summed E-state index contributed by atoms with van der Waals surface area (Å²) in [4.78, 5) is 6.60. The van der Waals surface area contributed by atoms with E-state index in [1.165, 1.54) is 18.5 Å². The third-order valence-corrected chi connectivity index (χ3v) is 4.66. The summed E-state index contributed by atoms with van der Waals surface area (Å²) in [5.41, 5.74) is 2.39. The van der Waals surface area contributed by atoms with E-state index in [2.05, 4.69) is 38.0 Å². The Hall–Kier alpha value is -0.540. The zero-order valence-corrected chi connectivity index (χ0v) is 11.8. The first-order chi connectivity index (χ1) is 8.24. The molecule has 3 saturated heterocycles. The molecule has 1 unspecified atom stereocenters. The highest BCUT2D eigenvalue weighted by Crippen LogP contribution is 2.38. The first kappa shape index (κ1) is 11.5. The van der Waals surface area contributed by atoms with Gasteiger partial charge in [-0.1, -0.05) is 0 Å². The number of fused-ring (bicyclic) bond motifs is 3. The van der Waals surface area contributed by atoms with Crippen LogP contribution < -0.4 is 0 Å². The Kier molecular flexibility index (Phi) is 3.14. The lowest BCUT2D eigenvalue weighted by atomic mass is 9.85.